The largest absolute Gasteiger partial charge is 0.453 e. The average Bonchev–Trinajstić information content (AvgIpc) is 3.08. The van der Waals surface area contributed by atoms with Crippen molar-refractivity contribution in [2.24, 2.45) is 5.92 Å². The Morgan fingerprint density at radius 1 is 1.37 bits per heavy atom. The van der Waals surface area contributed by atoms with Crippen molar-refractivity contribution in [2.45, 2.75) is 37.2 Å². The van der Waals surface area contributed by atoms with Gasteiger partial charge in [-0.25, -0.2) is 12.7 Å². The van der Waals surface area contributed by atoms with Crippen LogP contribution in [0.25, 0.3) is 0 Å². The molecule has 0 saturated heterocycles. The van der Waals surface area contributed by atoms with Gasteiger partial charge in [0.05, 0.1) is 11.4 Å². The minimum Gasteiger partial charge on any atom is -0.453 e. The van der Waals surface area contributed by atoms with Crippen LogP contribution in [0.3, 0.4) is 0 Å². The molecule has 0 heterocycles. The molecule has 0 unspecified atom stereocenters. The van der Waals surface area contributed by atoms with Crippen molar-refractivity contribution in [2.75, 3.05) is 19.4 Å². The highest BCUT2D eigenvalue weighted by molar-refractivity contribution is 7.89. The fraction of sp³-hybridized carbons (Fsp3) is 0.444. The second kappa shape index (κ2) is 8.86. The summed E-state index contributed by atoms with van der Waals surface area (Å²) in [6, 6.07) is 4.14. The van der Waals surface area contributed by atoms with Gasteiger partial charge < -0.3 is 10.1 Å². The summed E-state index contributed by atoms with van der Waals surface area (Å²) in [6.07, 6.45) is 5.08. The van der Waals surface area contributed by atoms with E-state index in [0.29, 0.717) is 0 Å². The summed E-state index contributed by atoms with van der Waals surface area (Å²) in [5.41, 5.74) is 0.242. The lowest BCUT2D eigenvalue weighted by atomic mass is 10.1. The van der Waals surface area contributed by atoms with Crippen molar-refractivity contribution in [3.05, 3.63) is 35.4 Å². The third-order valence-corrected chi connectivity index (χ3v) is 6.47. The van der Waals surface area contributed by atoms with E-state index < -0.39 is 28.0 Å². The normalized spacial score (nSPS) is 17.7. The van der Waals surface area contributed by atoms with Crippen molar-refractivity contribution in [3.63, 3.8) is 0 Å². The van der Waals surface area contributed by atoms with Crippen LogP contribution < -0.4 is 5.32 Å². The van der Waals surface area contributed by atoms with Crippen molar-refractivity contribution in [1.29, 1.82) is 0 Å². The van der Waals surface area contributed by atoms with Crippen molar-refractivity contribution in [3.8, 4) is 0 Å². The van der Waals surface area contributed by atoms with Crippen LogP contribution in [0.4, 0.5) is 5.69 Å². The van der Waals surface area contributed by atoms with Crippen molar-refractivity contribution < 1.29 is 22.7 Å². The second-order valence-corrected chi connectivity index (χ2v) is 9.05. The Bertz CT molecular complexity index is 851. The quantitative estimate of drug-likeness (QED) is 0.547. The molecule has 0 aliphatic heterocycles. The van der Waals surface area contributed by atoms with E-state index >= 15 is 0 Å². The van der Waals surface area contributed by atoms with E-state index in [1.807, 2.05) is 12.2 Å². The number of sulfonamides is 1. The number of amides is 1. The van der Waals surface area contributed by atoms with Crippen molar-refractivity contribution in [1.82, 2.24) is 4.31 Å². The molecule has 0 spiro atoms. The first-order chi connectivity index (χ1) is 12.6. The highest BCUT2D eigenvalue weighted by Crippen LogP contribution is 2.27. The lowest BCUT2D eigenvalue weighted by Gasteiger charge is -2.16. The Morgan fingerprint density at radius 3 is 2.67 bits per heavy atom. The number of hydrogen-bond donors (Lipinski definition) is 1. The molecular formula is C18H23ClN2O5S. The maximum atomic E-state index is 12.3. The molecule has 9 heteroatoms. The number of anilines is 1. The molecule has 27 heavy (non-hydrogen) atoms. The lowest BCUT2D eigenvalue weighted by Crippen LogP contribution is -2.30. The number of rotatable bonds is 7. The molecule has 0 fully saturated rings. The van der Waals surface area contributed by atoms with E-state index in [1.165, 1.54) is 39.2 Å². The Kier molecular flexibility index (Phi) is 7.02. The van der Waals surface area contributed by atoms with Gasteiger partial charge in [-0.1, -0.05) is 23.8 Å². The Balaban J connectivity index is 2.02. The molecule has 1 aromatic rings. The van der Waals surface area contributed by atoms with Crippen LogP contribution >= 0.6 is 11.6 Å². The summed E-state index contributed by atoms with van der Waals surface area (Å²) in [5.74, 6) is -0.843. The average molecular weight is 415 g/mol. The smallest absolute Gasteiger partial charge is 0.307 e. The Morgan fingerprint density at radius 2 is 2.07 bits per heavy atom. The van der Waals surface area contributed by atoms with E-state index in [4.69, 9.17) is 16.3 Å². The fourth-order valence-electron chi connectivity index (χ4n) is 2.60. The number of hydrogen-bond acceptors (Lipinski definition) is 5. The molecular weight excluding hydrogens is 392 g/mol. The van der Waals surface area contributed by atoms with Crippen LogP contribution in [0.5, 0.6) is 0 Å². The number of halogens is 1. The third kappa shape index (κ3) is 5.54. The van der Waals surface area contributed by atoms with E-state index in [2.05, 4.69) is 5.32 Å². The topological polar surface area (TPSA) is 92.8 Å². The van der Waals surface area contributed by atoms with Gasteiger partial charge in [-0.15, -0.1) is 0 Å². The molecule has 1 aliphatic rings. The van der Waals surface area contributed by atoms with E-state index in [9.17, 15) is 18.0 Å². The molecule has 2 rings (SSSR count). The minimum absolute atomic E-state index is 0.0470. The number of allylic oxidation sites excluding steroid dienone is 2. The number of benzene rings is 1. The van der Waals surface area contributed by atoms with Crippen LogP contribution in [0.1, 0.15) is 26.2 Å². The molecule has 1 N–H and O–H groups in total. The van der Waals surface area contributed by atoms with Crippen LogP contribution in [-0.2, 0) is 24.3 Å². The molecule has 7 nitrogen and oxygen atoms in total. The summed E-state index contributed by atoms with van der Waals surface area (Å²) in [6.45, 7) is 1.46. The SMILES string of the molecule is C[C@@H](OC(=O)C[C@H]1C=CCC1)C(=O)Nc1ccc(Cl)c(S(=O)(=O)N(C)C)c1. The van der Waals surface area contributed by atoms with Crippen LogP contribution in [-0.4, -0.2) is 44.8 Å². The van der Waals surface area contributed by atoms with Gasteiger partial charge in [-0.05, 0) is 43.9 Å². The molecule has 2 atom stereocenters. The van der Waals surface area contributed by atoms with Gasteiger partial charge in [0, 0.05) is 19.8 Å². The lowest BCUT2D eigenvalue weighted by molar-refractivity contribution is -0.153. The van der Waals surface area contributed by atoms with Gasteiger partial charge in [0.25, 0.3) is 5.91 Å². The molecule has 1 aromatic carbocycles. The highest BCUT2D eigenvalue weighted by Gasteiger charge is 2.24. The zero-order valence-electron chi connectivity index (χ0n) is 15.4. The summed E-state index contributed by atoms with van der Waals surface area (Å²) >= 11 is 5.98. The molecule has 0 radical (unpaired) electrons. The van der Waals surface area contributed by atoms with Crippen LogP contribution in [0.15, 0.2) is 35.2 Å². The molecule has 1 amide bonds. The minimum atomic E-state index is -3.76. The first-order valence-electron chi connectivity index (χ1n) is 8.50. The number of nitrogens with one attached hydrogen (secondary N) is 1. The first kappa shape index (κ1) is 21.4. The number of nitrogens with zero attached hydrogens (tertiary/aromatic N) is 1. The highest BCUT2D eigenvalue weighted by atomic mass is 35.5. The zero-order valence-corrected chi connectivity index (χ0v) is 17.0. The van der Waals surface area contributed by atoms with Crippen molar-refractivity contribution >= 4 is 39.2 Å². The van der Waals surface area contributed by atoms with Gasteiger partial charge in [0.1, 0.15) is 4.90 Å². The predicted octanol–water partition coefficient (Wildman–Crippen LogP) is 2.82. The third-order valence-electron chi connectivity index (χ3n) is 4.18. The number of esters is 1. The molecule has 148 valence electrons. The monoisotopic (exact) mass is 414 g/mol. The van der Waals surface area contributed by atoms with Gasteiger partial charge in [-0.3, -0.25) is 9.59 Å². The maximum absolute atomic E-state index is 12.3. The summed E-state index contributed by atoms with van der Waals surface area (Å²) in [4.78, 5) is 24.1. The fourth-order valence-corrected chi connectivity index (χ4v) is 3.99. The molecule has 0 aromatic heterocycles. The van der Waals surface area contributed by atoms with Gasteiger partial charge in [-0.2, -0.15) is 0 Å². The molecule has 0 bridgehead atoms. The predicted molar refractivity (Wildman–Crippen MR) is 103 cm³/mol. The molecule has 0 saturated carbocycles. The summed E-state index contributed by atoms with van der Waals surface area (Å²) in [7, 11) is -0.986. The van der Waals surface area contributed by atoms with Gasteiger partial charge in [0.15, 0.2) is 6.10 Å². The van der Waals surface area contributed by atoms with E-state index in [0.717, 1.165) is 17.1 Å². The maximum Gasteiger partial charge on any atom is 0.307 e. The number of ether oxygens (including phenoxy) is 1. The Hall–Kier alpha value is -1.90. The first-order valence-corrected chi connectivity index (χ1v) is 10.3. The number of carbonyl (C=O) groups is 2. The standard InChI is InChI=1S/C18H23ClN2O5S/c1-12(26-17(22)10-13-6-4-5-7-13)18(23)20-14-8-9-15(19)16(11-14)27(24,25)21(2)3/h4,6,8-9,11-13H,5,7,10H2,1-3H3,(H,20,23)/t12-,13+/m1/s1. The van der Waals surface area contributed by atoms with Gasteiger partial charge in [0.2, 0.25) is 10.0 Å². The summed E-state index contributed by atoms with van der Waals surface area (Å²) < 4.78 is 30.8. The number of carbonyl (C=O) groups excluding carboxylic acids is 2. The zero-order chi connectivity index (χ0) is 20.2. The summed E-state index contributed by atoms with van der Waals surface area (Å²) in [5, 5.41) is 2.59. The second-order valence-electron chi connectivity index (χ2n) is 6.52. The van der Waals surface area contributed by atoms with Crippen LogP contribution in [0.2, 0.25) is 5.02 Å². The van der Waals surface area contributed by atoms with Gasteiger partial charge >= 0.3 is 5.97 Å². The van der Waals surface area contributed by atoms with E-state index in [1.54, 1.807) is 0 Å². The van der Waals surface area contributed by atoms with E-state index in [-0.39, 0.29) is 27.9 Å². The molecule has 1 aliphatic carbocycles. The Labute approximate surface area is 164 Å². The van der Waals surface area contributed by atoms with Crippen LogP contribution in [0, 0.1) is 5.92 Å².